The van der Waals surface area contributed by atoms with Gasteiger partial charge < -0.3 is 30.3 Å². The highest BCUT2D eigenvalue weighted by Gasteiger charge is 2.08. The number of anilines is 4. The molecule has 0 fully saturated rings. The Morgan fingerprint density at radius 2 is 1.13 bits per heavy atom. The maximum absolute atomic E-state index is 8.89. The SMILES string of the molecule is OCCOc1nc(Nc2ccc(Nc3ncc(Br)c(OCCO)n3)cc2)ncc1Br. The van der Waals surface area contributed by atoms with E-state index in [1.54, 1.807) is 12.4 Å². The second-order valence-electron chi connectivity index (χ2n) is 5.66. The smallest absolute Gasteiger partial charge is 0.232 e. The summed E-state index contributed by atoms with van der Waals surface area (Å²) in [5, 5.41) is 23.9. The first-order chi connectivity index (χ1) is 14.6. The van der Waals surface area contributed by atoms with Crippen molar-refractivity contribution < 1.29 is 19.7 Å². The van der Waals surface area contributed by atoms with Gasteiger partial charge in [-0.2, -0.15) is 9.97 Å². The minimum absolute atomic E-state index is 0.106. The summed E-state index contributed by atoms with van der Waals surface area (Å²) in [5.74, 6) is 1.39. The highest BCUT2D eigenvalue weighted by Crippen LogP contribution is 2.26. The molecule has 0 unspecified atom stereocenters. The van der Waals surface area contributed by atoms with Crippen molar-refractivity contribution in [1.82, 2.24) is 19.9 Å². The zero-order valence-electron chi connectivity index (χ0n) is 15.5. The fraction of sp³-hybridized carbons (Fsp3) is 0.222. The Morgan fingerprint density at radius 3 is 1.50 bits per heavy atom. The third-order valence-electron chi connectivity index (χ3n) is 3.48. The largest absolute Gasteiger partial charge is 0.474 e. The first kappa shape index (κ1) is 22.2. The van der Waals surface area contributed by atoms with Crippen molar-refractivity contribution in [3.63, 3.8) is 0 Å². The minimum Gasteiger partial charge on any atom is -0.474 e. The summed E-state index contributed by atoms with van der Waals surface area (Å²) in [7, 11) is 0. The van der Waals surface area contributed by atoms with Gasteiger partial charge in [0.05, 0.1) is 34.6 Å². The second kappa shape index (κ2) is 11.0. The van der Waals surface area contributed by atoms with Crippen LogP contribution in [-0.4, -0.2) is 56.6 Å². The molecule has 10 nitrogen and oxygen atoms in total. The van der Waals surface area contributed by atoms with Gasteiger partial charge >= 0.3 is 0 Å². The van der Waals surface area contributed by atoms with Crippen LogP contribution in [0.25, 0.3) is 0 Å². The number of halogens is 2. The molecule has 0 atom stereocenters. The van der Waals surface area contributed by atoms with Gasteiger partial charge in [0.25, 0.3) is 0 Å². The van der Waals surface area contributed by atoms with E-state index in [0.717, 1.165) is 11.4 Å². The van der Waals surface area contributed by atoms with Crippen molar-refractivity contribution in [1.29, 1.82) is 0 Å². The van der Waals surface area contributed by atoms with Crippen molar-refractivity contribution in [3.8, 4) is 11.8 Å². The van der Waals surface area contributed by atoms with E-state index >= 15 is 0 Å². The lowest BCUT2D eigenvalue weighted by Gasteiger charge is -2.11. The second-order valence-corrected chi connectivity index (χ2v) is 7.37. The molecule has 12 heteroatoms. The molecule has 3 aromatic rings. The number of nitrogens with one attached hydrogen (secondary N) is 2. The van der Waals surface area contributed by atoms with Gasteiger partial charge in [0.15, 0.2) is 0 Å². The molecule has 0 saturated heterocycles. The van der Waals surface area contributed by atoms with Crippen LogP contribution in [0.15, 0.2) is 45.6 Å². The Balaban J connectivity index is 1.66. The fourth-order valence-corrected chi connectivity index (χ4v) is 2.82. The number of ether oxygens (including phenoxy) is 2. The Hall–Kier alpha value is -2.54. The lowest BCUT2D eigenvalue weighted by Crippen LogP contribution is -2.06. The van der Waals surface area contributed by atoms with Crippen LogP contribution in [0.1, 0.15) is 0 Å². The molecule has 30 heavy (non-hydrogen) atoms. The predicted molar refractivity (Wildman–Crippen MR) is 118 cm³/mol. The maximum atomic E-state index is 8.89. The van der Waals surface area contributed by atoms with Crippen LogP contribution in [0.5, 0.6) is 11.8 Å². The molecule has 0 aliphatic rings. The maximum Gasteiger partial charge on any atom is 0.232 e. The molecule has 1 aromatic carbocycles. The van der Waals surface area contributed by atoms with E-state index in [4.69, 9.17) is 19.7 Å². The summed E-state index contributed by atoms with van der Waals surface area (Å²) in [4.78, 5) is 16.9. The van der Waals surface area contributed by atoms with E-state index in [1.807, 2.05) is 24.3 Å². The van der Waals surface area contributed by atoms with E-state index in [2.05, 4.69) is 62.4 Å². The monoisotopic (exact) mass is 540 g/mol. The van der Waals surface area contributed by atoms with Crippen molar-refractivity contribution in [3.05, 3.63) is 45.6 Å². The predicted octanol–water partition coefficient (Wildman–Crippen LogP) is 3.02. The Labute approximate surface area is 189 Å². The molecule has 0 radical (unpaired) electrons. The van der Waals surface area contributed by atoms with Crippen LogP contribution in [-0.2, 0) is 0 Å². The normalized spacial score (nSPS) is 10.5. The highest BCUT2D eigenvalue weighted by atomic mass is 79.9. The van der Waals surface area contributed by atoms with Gasteiger partial charge in [-0.3, -0.25) is 0 Å². The lowest BCUT2D eigenvalue weighted by molar-refractivity contribution is 0.196. The number of rotatable bonds is 10. The van der Waals surface area contributed by atoms with Crippen LogP contribution in [0.3, 0.4) is 0 Å². The Morgan fingerprint density at radius 1 is 0.733 bits per heavy atom. The molecule has 4 N–H and O–H groups in total. The molecule has 0 amide bonds. The molecule has 0 spiro atoms. The molecule has 0 aliphatic heterocycles. The van der Waals surface area contributed by atoms with E-state index in [0.29, 0.717) is 32.6 Å². The molecule has 0 bridgehead atoms. The van der Waals surface area contributed by atoms with Crippen LogP contribution in [0, 0.1) is 0 Å². The third kappa shape index (κ3) is 6.23. The van der Waals surface area contributed by atoms with Gasteiger partial charge in [-0.25, -0.2) is 9.97 Å². The highest BCUT2D eigenvalue weighted by molar-refractivity contribution is 9.10. The van der Waals surface area contributed by atoms with Crippen LogP contribution in [0.2, 0.25) is 0 Å². The molecule has 0 saturated carbocycles. The Kier molecular flexibility index (Phi) is 8.13. The number of hydrogen-bond acceptors (Lipinski definition) is 10. The van der Waals surface area contributed by atoms with Crippen molar-refractivity contribution in [2.45, 2.75) is 0 Å². The summed E-state index contributed by atoms with van der Waals surface area (Å²) in [6, 6.07) is 7.35. The molecule has 158 valence electrons. The first-order valence-corrected chi connectivity index (χ1v) is 10.3. The lowest BCUT2D eigenvalue weighted by atomic mass is 10.3. The quantitative estimate of drug-likeness (QED) is 0.303. The summed E-state index contributed by atoms with van der Waals surface area (Å²) in [6.07, 6.45) is 3.14. The van der Waals surface area contributed by atoms with E-state index in [9.17, 15) is 0 Å². The average Bonchev–Trinajstić information content (AvgIpc) is 2.76. The van der Waals surface area contributed by atoms with Gasteiger partial charge in [0, 0.05) is 11.4 Å². The number of hydrogen-bond donors (Lipinski definition) is 4. The minimum atomic E-state index is -0.106. The molecule has 0 aliphatic carbocycles. The number of aliphatic hydroxyl groups is 2. The number of aliphatic hydroxyl groups excluding tert-OH is 2. The standard InChI is InChI=1S/C18H18Br2N6O4/c19-13-9-21-17(25-15(13)29-7-5-27)23-11-1-2-12(4-3-11)24-18-22-10-14(20)16(26-18)30-8-6-28/h1-4,9-10,27-28H,5-8H2,(H,21,23,25)(H,22,24,26). The van der Waals surface area contributed by atoms with Gasteiger partial charge in [0.2, 0.25) is 23.7 Å². The summed E-state index contributed by atoms with van der Waals surface area (Å²) < 4.78 is 11.9. The zero-order chi connectivity index (χ0) is 21.3. The van der Waals surface area contributed by atoms with Crippen molar-refractivity contribution in [2.24, 2.45) is 0 Å². The molecular formula is C18H18Br2N6O4. The fourth-order valence-electron chi connectivity index (χ4n) is 2.21. The summed E-state index contributed by atoms with van der Waals surface area (Å²) >= 11 is 6.61. The van der Waals surface area contributed by atoms with Gasteiger partial charge in [-0.15, -0.1) is 0 Å². The Bertz CT molecular complexity index is 899. The van der Waals surface area contributed by atoms with E-state index in [-0.39, 0.29) is 26.4 Å². The van der Waals surface area contributed by atoms with Crippen LogP contribution in [0.4, 0.5) is 23.3 Å². The van der Waals surface area contributed by atoms with Crippen LogP contribution < -0.4 is 20.1 Å². The number of nitrogens with zero attached hydrogens (tertiary/aromatic N) is 4. The molecule has 2 heterocycles. The van der Waals surface area contributed by atoms with Gasteiger partial charge in [0.1, 0.15) is 13.2 Å². The van der Waals surface area contributed by atoms with E-state index in [1.165, 1.54) is 0 Å². The molecule has 2 aromatic heterocycles. The van der Waals surface area contributed by atoms with Crippen molar-refractivity contribution in [2.75, 3.05) is 37.1 Å². The molecular weight excluding hydrogens is 524 g/mol. The van der Waals surface area contributed by atoms with Gasteiger partial charge in [-0.1, -0.05) is 0 Å². The van der Waals surface area contributed by atoms with Crippen molar-refractivity contribution >= 4 is 55.1 Å². The third-order valence-corrected chi connectivity index (χ3v) is 4.57. The number of aromatic nitrogens is 4. The first-order valence-electron chi connectivity index (χ1n) is 8.75. The summed E-state index contributed by atoms with van der Waals surface area (Å²) in [5.41, 5.74) is 1.53. The van der Waals surface area contributed by atoms with Gasteiger partial charge in [-0.05, 0) is 56.1 Å². The number of benzene rings is 1. The van der Waals surface area contributed by atoms with E-state index < -0.39 is 0 Å². The summed E-state index contributed by atoms with van der Waals surface area (Å²) in [6.45, 7) is 0.0657. The molecule has 3 rings (SSSR count). The topological polar surface area (TPSA) is 135 Å². The average molecular weight is 542 g/mol. The zero-order valence-corrected chi connectivity index (χ0v) is 18.7. The van der Waals surface area contributed by atoms with Crippen LogP contribution >= 0.6 is 31.9 Å².